The van der Waals surface area contributed by atoms with E-state index in [2.05, 4.69) is 141 Å². The van der Waals surface area contributed by atoms with Crippen LogP contribution in [0.2, 0.25) is 0 Å². The molecular formula is C73H88N8O8S4+2. The smallest absolute Gasteiger partial charge is 0.211 e. The van der Waals surface area contributed by atoms with E-state index in [9.17, 15) is 33.7 Å². The summed E-state index contributed by atoms with van der Waals surface area (Å²) in [6.45, 7) is 18.3. The number of hydrogen-bond acceptors (Lipinski definition) is 8. The fraction of sp³-hybridized carbons (Fsp3) is 0.397. The van der Waals surface area contributed by atoms with Crippen LogP contribution in [-0.2, 0) is 46.0 Å². The van der Waals surface area contributed by atoms with Crippen LogP contribution in [0.3, 0.4) is 0 Å². The highest BCUT2D eigenvalue weighted by Crippen LogP contribution is 2.53. The molecule has 12 rings (SSSR count). The predicted octanol–water partition coefficient (Wildman–Crippen LogP) is 10.8. The number of hydrogen-bond donors (Lipinski definition) is 4. The van der Waals surface area contributed by atoms with Crippen molar-refractivity contribution in [3.05, 3.63) is 201 Å². The first-order valence-electron chi connectivity index (χ1n) is 33.5. The van der Waals surface area contributed by atoms with E-state index in [1.165, 1.54) is 0 Å². The summed E-state index contributed by atoms with van der Waals surface area (Å²) < 4.78 is 133. The Balaban J connectivity index is 1.08. The van der Waals surface area contributed by atoms with Crippen LogP contribution in [0.5, 0.6) is 0 Å². The third kappa shape index (κ3) is 11.6. The molecular weight excluding hydrogens is 1250 g/mol. The van der Waals surface area contributed by atoms with Gasteiger partial charge in [0.1, 0.15) is 0 Å². The highest BCUT2D eigenvalue weighted by molar-refractivity contribution is 7.90. The number of nitrogens with zero attached hydrogens (tertiary/aromatic N) is 4. The van der Waals surface area contributed by atoms with Gasteiger partial charge in [0, 0.05) is 50.5 Å². The molecule has 16 nitrogen and oxygen atoms in total. The number of sulfonamides is 4. The lowest BCUT2D eigenvalue weighted by Crippen LogP contribution is -2.71. The number of nitrogens with one attached hydrogen (secondary N) is 4. The van der Waals surface area contributed by atoms with Crippen molar-refractivity contribution in [2.45, 2.75) is 158 Å². The van der Waals surface area contributed by atoms with Gasteiger partial charge in [-0.1, -0.05) is 164 Å². The fourth-order valence-corrected chi connectivity index (χ4v) is 19.0. The molecule has 0 saturated heterocycles. The van der Waals surface area contributed by atoms with Crippen LogP contribution >= 0.6 is 0 Å². The highest BCUT2D eigenvalue weighted by Gasteiger charge is 2.73. The van der Waals surface area contributed by atoms with Crippen molar-refractivity contribution in [3.8, 4) is 0 Å². The summed E-state index contributed by atoms with van der Waals surface area (Å²) in [6.07, 6.45) is 19.2. The molecule has 1 spiro atoms. The summed E-state index contributed by atoms with van der Waals surface area (Å²) in [4.78, 5) is 0.613. The van der Waals surface area contributed by atoms with Crippen molar-refractivity contribution >= 4 is 73.8 Å². The summed E-state index contributed by atoms with van der Waals surface area (Å²) in [5, 5.41) is 1.67. The Morgan fingerprint density at radius 3 is 0.849 bits per heavy atom. The van der Waals surface area contributed by atoms with Gasteiger partial charge >= 0.3 is 5.91 Å². The minimum atomic E-state index is -3.86. The zero-order valence-corrected chi connectivity index (χ0v) is 57.9. The van der Waals surface area contributed by atoms with Crippen LogP contribution in [0.1, 0.15) is 166 Å². The van der Waals surface area contributed by atoms with Gasteiger partial charge in [0.25, 0.3) is 0 Å². The Hall–Kier alpha value is -6.88. The lowest BCUT2D eigenvalue weighted by Gasteiger charge is -2.41. The molecule has 6 aliphatic heterocycles. The second-order valence-electron chi connectivity index (χ2n) is 25.4. The molecule has 6 aliphatic rings. The summed E-state index contributed by atoms with van der Waals surface area (Å²) in [6, 6.07) is 36.8. The Morgan fingerprint density at radius 1 is 0.333 bits per heavy atom. The quantitative estimate of drug-likeness (QED) is 0.0299. The van der Waals surface area contributed by atoms with Crippen molar-refractivity contribution in [3.63, 3.8) is 0 Å². The van der Waals surface area contributed by atoms with Crippen LogP contribution in [0.25, 0.3) is 22.3 Å². The van der Waals surface area contributed by atoms with Crippen LogP contribution in [0.4, 0.5) is 0 Å². The number of allylic oxidation sites excluding steroid dienone is 4. The van der Waals surface area contributed by atoms with Crippen molar-refractivity contribution in [1.29, 1.82) is 0 Å². The first kappa shape index (κ1) is 66.2. The van der Waals surface area contributed by atoms with E-state index in [0.717, 1.165) is 166 Å². The summed E-state index contributed by atoms with van der Waals surface area (Å²) in [5.41, 5.74) is 11.4. The van der Waals surface area contributed by atoms with Gasteiger partial charge in [-0.15, -0.1) is 0 Å². The van der Waals surface area contributed by atoms with Gasteiger partial charge in [0.05, 0.1) is 64.0 Å². The lowest BCUT2D eigenvalue weighted by molar-refractivity contribution is -0.834. The average molecular weight is 1330 g/mol. The third-order valence-electron chi connectivity index (χ3n) is 20.6. The molecule has 20 heteroatoms. The molecule has 6 aromatic rings. The van der Waals surface area contributed by atoms with Gasteiger partial charge < -0.3 is 0 Å². The maximum Gasteiger partial charge on any atom is 0.553 e. The monoisotopic (exact) mass is 1330 g/mol. The summed E-state index contributed by atoms with van der Waals surface area (Å²) in [5.74, 6) is 0.374. The van der Waals surface area contributed by atoms with Gasteiger partial charge in [0.2, 0.25) is 62.9 Å². The largest absolute Gasteiger partial charge is 0.553 e. The standard InChI is InChI=1S/C73H88N8O8S4/c1-9-49(10-2)41-45-74-90(82,83)57-25-17-53(18-26-57)69-61-33-35-63-70(54-19-27-58(28-20-54)91(84,85)75-46-42-50(11-3)12-4)65-37-39-67-72(56-23-31-60(32-24-56)93(88,89)77-48-44-52(15-7)16-8)68-40-38-66-71(64-36-34-62(69)79(64)73(78(61)63,80(65)67)81(66)68)55-21-29-59(30-22-55)92(86,87)76-47-43-51(13-5)14-6/h17-40,49-52,74-77H,9-16,41-48H2,1-8H3/q+2. The van der Waals surface area contributed by atoms with E-state index in [-0.39, 0.29) is 19.6 Å². The van der Waals surface area contributed by atoms with Gasteiger partial charge in [-0.25, -0.2) is 52.6 Å². The molecule has 0 bridgehead atoms. The van der Waals surface area contributed by atoms with Crippen LogP contribution < -0.4 is 29.6 Å². The van der Waals surface area contributed by atoms with Crippen LogP contribution in [0.15, 0.2) is 177 Å². The molecule has 0 unspecified atom stereocenters. The van der Waals surface area contributed by atoms with Crippen LogP contribution in [0, 0.1) is 23.7 Å². The Morgan fingerprint density at radius 2 is 0.591 bits per heavy atom. The number of rotatable bonds is 32. The maximum atomic E-state index is 14.0. The van der Waals surface area contributed by atoms with Crippen LogP contribution in [-0.4, -0.2) is 89.6 Å². The molecule has 93 heavy (non-hydrogen) atoms. The molecule has 0 amide bonds. The Kier molecular flexibility index (Phi) is 18.8. The van der Waals surface area contributed by atoms with E-state index >= 15 is 0 Å². The molecule has 4 aromatic carbocycles. The van der Waals surface area contributed by atoms with E-state index in [4.69, 9.17) is 0 Å². The lowest BCUT2D eigenvalue weighted by atomic mass is 9.93. The van der Waals surface area contributed by atoms with Gasteiger partial charge in [-0.05, 0) is 144 Å². The minimum absolute atomic E-state index is 0.153. The first-order chi connectivity index (χ1) is 44.7. The molecule has 4 N–H and O–H groups in total. The van der Waals surface area contributed by atoms with Crippen molar-refractivity contribution in [1.82, 2.24) is 28.0 Å². The van der Waals surface area contributed by atoms with Gasteiger partial charge in [-0.3, -0.25) is 0 Å². The van der Waals surface area contributed by atoms with E-state index < -0.39 is 46.0 Å². The van der Waals surface area contributed by atoms with Gasteiger partial charge in [0.15, 0.2) is 0 Å². The average Bonchev–Trinajstić information content (AvgIpc) is 1.53. The first-order valence-corrected chi connectivity index (χ1v) is 39.5. The Bertz CT molecular complexity index is 4420. The number of benzene rings is 4. The van der Waals surface area contributed by atoms with E-state index in [0.29, 0.717) is 49.9 Å². The zero-order chi connectivity index (χ0) is 65.8. The topological polar surface area (TPSA) is 201 Å². The predicted molar refractivity (Wildman–Crippen MR) is 369 cm³/mol. The highest BCUT2D eigenvalue weighted by atomic mass is 32.2. The molecule has 0 radical (unpaired) electrons. The normalized spacial score (nSPS) is 16.3. The fourth-order valence-electron chi connectivity index (χ4n) is 14.8. The van der Waals surface area contributed by atoms with Gasteiger partial charge in [-0.2, -0.15) is 9.13 Å². The second-order valence-corrected chi connectivity index (χ2v) is 32.5. The molecule has 490 valence electrons. The third-order valence-corrected chi connectivity index (χ3v) is 26.5. The minimum Gasteiger partial charge on any atom is -0.211 e. The molecule has 0 atom stereocenters. The second kappa shape index (κ2) is 26.4. The maximum absolute atomic E-state index is 14.0. The molecule has 8 heterocycles. The summed E-state index contributed by atoms with van der Waals surface area (Å²) >= 11 is 0. The van der Waals surface area contributed by atoms with Crippen molar-refractivity contribution < 1.29 is 42.8 Å². The van der Waals surface area contributed by atoms with Crippen molar-refractivity contribution in [2.75, 3.05) is 26.2 Å². The van der Waals surface area contributed by atoms with Crippen molar-refractivity contribution in [2.24, 2.45) is 23.7 Å². The molecule has 0 aliphatic carbocycles. The molecule has 0 fully saturated rings. The molecule has 2 aromatic heterocycles. The SMILES string of the molecule is CCC(CC)CCNS(=O)(=O)c1ccc(C2=C3C=CC4=[N+]3C35n6c2ccc6C(c2ccc(S(=O)(=O)NCCC(CC)CC)cc2)=C2C=CC(=[N+]23)C(c2ccc(S(=O)(=O)NCCC(CC)CC)cc2)=c2ccc(n25)=C4c2ccc(S(=O)(=O)NCCC(CC)CC)cc2)cc1. The Labute approximate surface area is 550 Å². The van der Waals surface area contributed by atoms with E-state index in [1.54, 1.807) is 48.5 Å². The van der Waals surface area contributed by atoms with E-state index in [1.807, 2.05) is 48.5 Å². The zero-order valence-electron chi connectivity index (χ0n) is 54.7. The summed E-state index contributed by atoms with van der Waals surface area (Å²) in [7, 11) is -15.5. The molecule has 0 saturated carbocycles. The number of aromatic nitrogens is 2.